The van der Waals surface area contributed by atoms with Crippen LogP contribution in [-0.2, 0) is 9.59 Å². The molecule has 5 nitrogen and oxygen atoms in total. The molecule has 1 aliphatic heterocycles. The fraction of sp³-hybridized carbons (Fsp3) is 0.846. The number of rotatable bonds is 6. The maximum atomic E-state index is 12.1. The van der Waals surface area contributed by atoms with E-state index in [1.807, 2.05) is 0 Å². The summed E-state index contributed by atoms with van der Waals surface area (Å²) >= 11 is 0. The molecule has 0 saturated carbocycles. The molecule has 1 unspecified atom stereocenters. The largest absolute Gasteiger partial charge is 0.480 e. The number of likely N-dealkylation sites (tertiary alicyclic amines) is 1. The Balaban J connectivity index is 2.55. The Morgan fingerprint density at radius 1 is 1.44 bits per heavy atom. The summed E-state index contributed by atoms with van der Waals surface area (Å²) < 4.78 is 0. The number of hydrogen-bond acceptors (Lipinski definition) is 3. The highest BCUT2D eigenvalue weighted by Gasteiger charge is 2.34. The van der Waals surface area contributed by atoms with Crippen LogP contribution >= 0.6 is 0 Å². The zero-order valence-corrected chi connectivity index (χ0v) is 11.3. The van der Waals surface area contributed by atoms with Crippen molar-refractivity contribution in [2.24, 2.45) is 17.6 Å². The third kappa shape index (κ3) is 3.98. The summed E-state index contributed by atoms with van der Waals surface area (Å²) in [5, 5.41) is 9.05. The van der Waals surface area contributed by atoms with Crippen molar-refractivity contribution in [3.63, 3.8) is 0 Å². The van der Waals surface area contributed by atoms with Gasteiger partial charge in [-0.05, 0) is 37.6 Å². The Kier molecular flexibility index (Phi) is 5.59. The molecule has 5 heteroatoms. The summed E-state index contributed by atoms with van der Waals surface area (Å²) in [7, 11) is 0. The lowest BCUT2D eigenvalue weighted by Gasteiger charge is -2.24. The van der Waals surface area contributed by atoms with E-state index in [0.717, 1.165) is 12.8 Å². The number of carboxylic acids is 1. The molecular formula is C13H24N2O3. The molecule has 1 aliphatic rings. The van der Waals surface area contributed by atoms with E-state index in [1.165, 1.54) is 4.90 Å². The van der Waals surface area contributed by atoms with Crippen LogP contribution in [0.25, 0.3) is 0 Å². The molecule has 0 spiro atoms. The first-order valence-electron chi connectivity index (χ1n) is 6.68. The fourth-order valence-electron chi connectivity index (χ4n) is 2.62. The van der Waals surface area contributed by atoms with Crippen LogP contribution in [0.5, 0.6) is 0 Å². The van der Waals surface area contributed by atoms with Crippen molar-refractivity contribution >= 4 is 11.9 Å². The molecule has 1 amide bonds. The summed E-state index contributed by atoms with van der Waals surface area (Å²) in [4.78, 5) is 24.7. The molecule has 0 aromatic carbocycles. The molecule has 1 heterocycles. The van der Waals surface area contributed by atoms with Gasteiger partial charge in [0.25, 0.3) is 0 Å². The molecule has 18 heavy (non-hydrogen) atoms. The van der Waals surface area contributed by atoms with Gasteiger partial charge in [0, 0.05) is 13.0 Å². The number of nitrogens with zero attached hydrogens (tertiary/aromatic N) is 1. The Hall–Kier alpha value is -1.10. The van der Waals surface area contributed by atoms with Crippen molar-refractivity contribution < 1.29 is 14.7 Å². The Morgan fingerprint density at radius 3 is 2.61 bits per heavy atom. The van der Waals surface area contributed by atoms with Gasteiger partial charge in [0.05, 0.1) is 0 Å². The van der Waals surface area contributed by atoms with Gasteiger partial charge in [0.1, 0.15) is 6.04 Å². The first-order valence-corrected chi connectivity index (χ1v) is 6.68. The minimum atomic E-state index is -0.894. The summed E-state index contributed by atoms with van der Waals surface area (Å²) in [5.74, 6) is -0.294. The first kappa shape index (κ1) is 15.0. The lowest BCUT2D eigenvalue weighted by molar-refractivity contribution is -0.148. The lowest BCUT2D eigenvalue weighted by Crippen LogP contribution is -2.41. The number of carbonyl (C=O) groups is 2. The van der Waals surface area contributed by atoms with Gasteiger partial charge < -0.3 is 15.7 Å². The van der Waals surface area contributed by atoms with Gasteiger partial charge >= 0.3 is 5.97 Å². The average molecular weight is 256 g/mol. The molecule has 0 aromatic rings. The molecule has 2 atom stereocenters. The zero-order chi connectivity index (χ0) is 13.7. The van der Waals surface area contributed by atoms with Gasteiger partial charge in [-0.15, -0.1) is 0 Å². The number of carboxylic acid groups (broad SMARTS) is 1. The maximum absolute atomic E-state index is 12.1. The number of nitrogens with two attached hydrogens (primary N) is 1. The summed E-state index contributed by atoms with van der Waals surface area (Å²) in [6, 6.07) is -0.630. The van der Waals surface area contributed by atoms with E-state index >= 15 is 0 Å². The lowest BCUT2D eigenvalue weighted by atomic mass is 9.93. The van der Waals surface area contributed by atoms with Crippen molar-refractivity contribution in [3.8, 4) is 0 Å². The predicted octanol–water partition coefficient (Wildman–Crippen LogP) is 1.07. The highest BCUT2D eigenvalue weighted by molar-refractivity contribution is 5.84. The van der Waals surface area contributed by atoms with Crippen LogP contribution in [0.1, 0.15) is 39.5 Å². The quantitative estimate of drug-likeness (QED) is 0.744. The molecule has 1 rings (SSSR count). The van der Waals surface area contributed by atoms with Gasteiger partial charge in [-0.2, -0.15) is 0 Å². The Bertz CT molecular complexity index is 305. The standard InChI is InChI=1S/C13H24N2O3/c1-9(2)6-10(8-14)7-12(16)15-5-3-4-11(15)13(17)18/h9-11H,3-8,14H2,1-2H3,(H,17,18)/t10?,11-/m1/s1. The topological polar surface area (TPSA) is 83.6 Å². The number of aliphatic carboxylic acids is 1. The van der Waals surface area contributed by atoms with Crippen molar-refractivity contribution in [1.82, 2.24) is 4.90 Å². The Labute approximate surface area is 108 Å². The molecule has 0 bridgehead atoms. The monoisotopic (exact) mass is 256 g/mol. The highest BCUT2D eigenvalue weighted by atomic mass is 16.4. The highest BCUT2D eigenvalue weighted by Crippen LogP contribution is 2.22. The van der Waals surface area contributed by atoms with Crippen LogP contribution in [0.4, 0.5) is 0 Å². The molecule has 0 radical (unpaired) electrons. The zero-order valence-electron chi connectivity index (χ0n) is 11.3. The molecule has 0 aromatic heterocycles. The SMILES string of the molecule is CC(C)CC(CN)CC(=O)N1CCC[C@@H]1C(=O)O. The van der Waals surface area contributed by atoms with E-state index < -0.39 is 12.0 Å². The molecule has 104 valence electrons. The smallest absolute Gasteiger partial charge is 0.326 e. The third-order valence-electron chi connectivity index (χ3n) is 3.46. The van der Waals surface area contributed by atoms with Crippen molar-refractivity contribution in [2.75, 3.05) is 13.1 Å². The minimum absolute atomic E-state index is 0.0593. The van der Waals surface area contributed by atoms with Gasteiger partial charge in [-0.25, -0.2) is 4.79 Å². The van der Waals surface area contributed by atoms with Gasteiger partial charge in [0.15, 0.2) is 0 Å². The third-order valence-corrected chi connectivity index (χ3v) is 3.46. The van der Waals surface area contributed by atoms with Crippen molar-refractivity contribution in [1.29, 1.82) is 0 Å². The van der Waals surface area contributed by atoms with Gasteiger partial charge in [-0.1, -0.05) is 13.8 Å². The average Bonchev–Trinajstić information content (AvgIpc) is 2.76. The molecule has 1 saturated heterocycles. The predicted molar refractivity (Wildman–Crippen MR) is 69.0 cm³/mol. The second-order valence-electron chi connectivity index (χ2n) is 5.52. The van der Waals surface area contributed by atoms with E-state index in [9.17, 15) is 9.59 Å². The first-order chi connectivity index (χ1) is 8.45. The van der Waals surface area contributed by atoms with Crippen molar-refractivity contribution in [2.45, 2.75) is 45.6 Å². The van der Waals surface area contributed by atoms with Gasteiger partial charge in [-0.3, -0.25) is 4.79 Å². The van der Waals surface area contributed by atoms with Gasteiger partial charge in [0.2, 0.25) is 5.91 Å². The van der Waals surface area contributed by atoms with Crippen LogP contribution < -0.4 is 5.73 Å². The van der Waals surface area contributed by atoms with Crippen LogP contribution in [0, 0.1) is 11.8 Å². The van der Waals surface area contributed by atoms with Crippen LogP contribution in [0.15, 0.2) is 0 Å². The van der Waals surface area contributed by atoms with E-state index in [0.29, 0.717) is 31.8 Å². The van der Waals surface area contributed by atoms with Crippen LogP contribution in [0.3, 0.4) is 0 Å². The summed E-state index contributed by atoms with van der Waals surface area (Å²) in [6.45, 7) is 5.25. The van der Waals surface area contributed by atoms with Crippen molar-refractivity contribution in [3.05, 3.63) is 0 Å². The summed E-state index contributed by atoms with van der Waals surface area (Å²) in [6.07, 6.45) is 2.63. The number of hydrogen-bond donors (Lipinski definition) is 2. The molecule has 3 N–H and O–H groups in total. The second kappa shape index (κ2) is 6.73. The molecule has 0 aliphatic carbocycles. The number of amides is 1. The van der Waals surface area contributed by atoms with E-state index in [1.54, 1.807) is 0 Å². The fourth-order valence-corrected chi connectivity index (χ4v) is 2.62. The van der Waals surface area contributed by atoms with Crippen LogP contribution in [0.2, 0.25) is 0 Å². The van der Waals surface area contributed by atoms with E-state index in [-0.39, 0.29) is 11.8 Å². The van der Waals surface area contributed by atoms with Crippen LogP contribution in [-0.4, -0.2) is 41.0 Å². The maximum Gasteiger partial charge on any atom is 0.326 e. The van der Waals surface area contributed by atoms with E-state index in [4.69, 9.17) is 10.8 Å². The molecule has 1 fully saturated rings. The Morgan fingerprint density at radius 2 is 2.11 bits per heavy atom. The minimum Gasteiger partial charge on any atom is -0.480 e. The van der Waals surface area contributed by atoms with E-state index in [2.05, 4.69) is 13.8 Å². The number of carbonyl (C=O) groups excluding carboxylic acids is 1. The second-order valence-corrected chi connectivity index (χ2v) is 5.52. The normalized spacial score (nSPS) is 21.3. The molecular weight excluding hydrogens is 232 g/mol. The summed E-state index contributed by atoms with van der Waals surface area (Å²) in [5.41, 5.74) is 5.68.